The number of rotatable bonds is 9. The van der Waals surface area contributed by atoms with Gasteiger partial charge in [-0.1, -0.05) is 36.4 Å². The molecule has 4 aromatic rings. The van der Waals surface area contributed by atoms with Gasteiger partial charge in [-0.15, -0.1) is 0 Å². The summed E-state index contributed by atoms with van der Waals surface area (Å²) < 4.78 is 11.5. The molecule has 0 aromatic heterocycles. The first kappa shape index (κ1) is 22.6. The lowest BCUT2D eigenvalue weighted by atomic mass is 10.2. The third kappa shape index (κ3) is 6.97. The van der Waals surface area contributed by atoms with E-state index in [0.717, 1.165) is 11.5 Å². The number of anilines is 2. The topological polar surface area (TPSA) is 76.7 Å². The summed E-state index contributed by atoms with van der Waals surface area (Å²) in [5, 5.41) is 5.58. The minimum atomic E-state index is -0.238. The maximum atomic E-state index is 12.2. The quantitative estimate of drug-likeness (QED) is 0.299. The standard InChI is InChI=1S/C28H24N2O4/c31-27(29-21-11-15-25(16-12-21)33-23-7-3-1-4-8-23)19-20-28(32)30-22-13-17-26(18-14-22)34-24-9-5-2-6-10-24/h1-18H,19-20H2,(H,29,31)(H,30,32). The van der Waals surface area contributed by atoms with Crippen LogP contribution < -0.4 is 20.1 Å². The largest absolute Gasteiger partial charge is 0.457 e. The van der Waals surface area contributed by atoms with Gasteiger partial charge in [0.05, 0.1) is 0 Å². The van der Waals surface area contributed by atoms with Crippen LogP contribution in [0.1, 0.15) is 12.8 Å². The van der Waals surface area contributed by atoms with Gasteiger partial charge in [0.15, 0.2) is 0 Å². The summed E-state index contributed by atoms with van der Waals surface area (Å²) in [5.74, 6) is 2.34. The van der Waals surface area contributed by atoms with Crippen molar-refractivity contribution < 1.29 is 19.1 Å². The number of para-hydroxylation sites is 2. The highest BCUT2D eigenvalue weighted by Crippen LogP contribution is 2.24. The molecule has 0 aliphatic carbocycles. The van der Waals surface area contributed by atoms with Crippen LogP contribution in [0.5, 0.6) is 23.0 Å². The van der Waals surface area contributed by atoms with Crippen LogP contribution in [0.15, 0.2) is 109 Å². The van der Waals surface area contributed by atoms with Crippen LogP contribution in [0, 0.1) is 0 Å². The Balaban J connectivity index is 1.20. The minimum Gasteiger partial charge on any atom is -0.457 e. The monoisotopic (exact) mass is 452 g/mol. The van der Waals surface area contributed by atoms with Crippen molar-refractivity contribution >= 4 is 23.2 Å². The first-order valence-electron chi connectivity index (χ1n) is 10.9. The van der Waals surface area contributed by atoms with Crippen molar-refractivity contribution in [3.63, 3.8) is 0 Å². The van der Waals surface area contributed by atoms with E-state index in [4.69, 9.17) is 9.47 Å². The fourth-order valence-electron chi connectivity index (χ4n) is 3.14. The van der Waals surface area contributed by atoms with E-state index in [1.165, 1.54) is 0 Å². The van der Waals surface area contributed by atoms with Crippen LogP contribution in [0.2, 0.25) is 0 Å². The number of carbonyl (C=O) groups excluding carboxylic acids is 2. The average molecular weight is 453 g/mol. The van der Waals surface area contributed by atoms with Crippen molar-refractivity contribution in [1.29, 1.82) is 0 Å². The molecule has 0 unspecified atom stereocenters. The normalized spacial score (nSPS) is 10.2. The Morgan fingerprint density at radius 3 is 1.15 bits per heavy atom. The molecule has 170 valence electrons. The molecule has 34 heavy (non-hydrogen) atoms. The lowest BCUT2D eigenvalue weighted by Gasteiger charge is -2.09. The number of hydrogen-bond acceptors (Lipinski definition) is 4. The molecular formula is C28H24N2O4. The van der Waals surface area contributed by atoms with Crippen LogP contribution in [-0.2, 0) is 9.59 Å². The van der Waals surface area contributed by atoms with Crippen molar-refractivity contribution in [3.8, 4) is 23.0 Å². The molecule has 4 aromatic carbocycles. The molecule has 0 aliphatic heterocycles. The highest BCUT2D eigenvalue weighted by molar-refractivity contribution is 5.96. The van der Waals surface area contributed by atoms with Gasteiger partial charge in [0.25, 0.3) is 0 Å². The lowest BCUT2D eigenvalue weighted by Crippen LogP contribution is -2.17. The number of amides is 2. The zero-order valence-corrected chi connectivity index (χ0v) is 18.4. The molecule has 0 spiro atoms. The molecule has 0 heterocycles. The van der Waals surface area contributed by atoms with Crippen LogP contribution in [0.3, 0.4) is 0 Å². The number of hydrogen-bond donors (Lipinski definition) is 2. The number of nitrogens with one attached hydrogen (secondary N) is 2. The van der Waals surface area contributed by atoms with Crippen molar-refractivity contribution in [1.82, 2.24) is 0 Å². The number of ether oxygens (including phenoxy) is 2. The van der Waals surface area contributed by atoms with Crippen LogP contribution >= 0.6 is 0 Å². The molecule has 4 rings (SSSR count). The smallest absolute Gasteiger partial charge is 0.224 e. The molecular weight excluding hydrogens is 428 g/mol. The van der Waals surface area contributed by atoms with Gasteiger partial charge in [-0.25, -0.2) is 0 Å². The summed E-state index contributed by atoms with van der Waals surface area (Å²) in [6, 6.07) is 33.1. The summed E-state index contributed by atoms with van der Waals surface area (Å²) >= 11 is 0. The summed E-state index contributed by atoms with van der Waals surface area (Å²) in [7, 11) is 0. The predicted octanol–water partition coefficient (Wildman–Crippen LogP) is 6.63. The molecule has 6 nitrogen and oxygen atoms in total. The fraction of sp³-hybridized carbons (Fsp3) is 0.0714. The Labute approximate surface area is 198 Å². The van der Waals surface area contributed by atoms with E-state index < -0.39 is 0 Å². The third-order valence-electron chi connectivity index (χ3n) is 4.81. The second kappa shape index (κ2) is 11.3. The van der Waals surface area contributed by atoms with Crippen molar-refractivity contribution in [2.45, 2.75) is 12.8 Å². The molecule has 0 aliphatic rings. The van der Waals surface area contributed by atoms with Gasteiger partial charge >= 0.3 is 0 Å². The highest BCUT2D eigenvalue weighted by atomic mass is 16.5. The SMILES string of the molecule is O=C(CCC(=O)Nc1ccc(Oc2ccccc2)cc1)Nc1ccc(Oc2ccccc2)cc1. The molecule has 2 amide bonds. The maximum absolute atomic E-state index is 12.2. The minimum absolute atomic E-state index is 0.0727. The Hall–Kier alpha value is -4.58. The van der Waals surface area contributed by atoms with Crippen LogP contribution in [-0.4, -0.2) is 11.8 Å². The van der Waals surface area contributed by atoms with E-state index in [0.29, 0.717) is 22.9 Å². The molecule has 2 N–H and O–H groups in total. The average Bonchev–Trinajstić information content (AvgIpc) is 2.86. The first-order chi connectivity index (χ1) is 16.6. The Morgan fingerprint density at radius 1 is 0.471 bits per heavy atom. The van der Waals surface area contributed by atoms with Crippen molar-refractivity contribution in [2.24, 2.45) is 0 Å². The van der Waals surface area contributed by atoms with Gasteiger partial charge in [-0.05, 0) is 72.8 Å². The first-order valence-corrected chi connectivity index (χ1v) is 10.9. The van der Waals surface area contributed by atoms with E-state index >= 15 is 0 Å². The van der Waals surface area contributed by atoms with Gasteiger partial charge in [0.2, 0.25) is 11.8 Å². The Bertz CT molecular complexity index is 1110. The molecule has 0 atom stereocenters. The van der Waals surface area contributed by atoms with Gasteiger partial charge < -0.3 is 20.1 Å². The fourth-order valence-corrected chi connectivity index (χ4v) is 3.14. The zero-order valence-electron chi connectivity index (χ0n) is 18.4. The highest BCUT2D eigenvalue weighted by Gasteiger charge is 2.09. The van der Waals surface area contributed by atoms with Crippen LogP contribution in [0.4, 0.5) is 11.4 Å². The maximum Gasteiger partial charge on any atom is 0.224 e. The Morgan fingerprint density at radius 2 is 0.794 bits per heavy atom. The second-order valence-electron chi connectivity index (χ2n) is 7.48. The van der Waals surface area contributed by atoms with Crippen molar-refractivity contribution in [2.75, 3.05) is 10.6 Å². The van der Waals surface area contributed by atoms with E-state index in [-0.39, 0.29) is 24.7 Å². The summed E-state index contributed by atoms with van der Waals surface area (Å²) in [5.41, 5.74) is 1.28. The van der Waals surface area contributed by atoms with Gasteiger partial charge in [0.1, 0.15) is 23.0 Å². The molecule has 0 fully saturated rings. The summed E-state index contributed by atoms with van der Waals surface area (Å²) in [6.07, 6.45) is 0.145. The zero-order chi connectivity index (χ0) is 23.6. The lowest BCUT2D eigenvalue weighted by molar-refractivity contribution is -0.121. The second-order valence-corrected chi connectivity index (χ2v) is 7.48. The van der Waals surface area contributed by atoms with E-state index in [1.807, 2.05) is 60.7 Å². The predicted molar refractivity (Wildman–Crippen MR) is 132 cm³/mol. The molecule has 0 radical (unpaired) electrons. The summed E-state index contributed by atoms with van der Waals surface area (Å²) in [4.78, 5) is 24.4. The van der Waals surface area contributed by atoms with Crippen molar-refractivity contribution in [3.05, 3.63) is 109 Å². The van der Waals surface area contributed by atoms with E-state index in [2.05, 4.69) is 10.6 Å². The molecule has 0 saturated heterocycles. The van der Waals surface area contributed by atoms with E-state index in [9.17, 15) is 9.59 Å². The van der Waals surface area contributed by atoms with E-state index in [1.54, 1.807) is 48.5 Å². The van der Waals surface area contributed by atoms with Gasteiger partial charge in [-0.2, -0.15) is 0 Å². The third-order valence-corrected chi connectivity index (χ3v) is 4.81. The number of carbonyl (C=O) groups is 2. The summed E-state index contributed by atoms with van der Waals surface area (Å²) in [6.45, 7) is 0. The molecule has 6 heteroatoms. The Kier molecular flexibility index (Phi) is 7.54. The van der Waals surface area contributed by atoms with Crippen LogP contribution in [0.25, 0.3) is 0 Å². The van der Waals surface area contributed by atoms with Gasteiger partial charge in [0, 0.05) is 24.2 Å². The van der Waals surface area contributed by atoms with Gasteiger partial charge in [-0.3, -0.25) is 9.59 Å². The molecule has 0 saturated carbocycles. The number of benzene rings is 4. The molecule has 0 bridgehead atoms.